The maximum Gasteiger partial charge on any atom is 0.326 e. The Labute approximate surface area is 281 Å². The lowest BCUT2D eigenvalue weighted by molar-refractivity contribution is -0.142. The number of hydrogen-bond acceptors (Lipinski definition) is 7. The number of benzene rings is 1. The van der Waals surface area contributed by atoms with E-state index in [1.165, 1.54) is 6.07 Å². The van der Waals surface area contributed by atoms with Gasteiger partial charge >= 0.3 is 5.97 Å². The van der Waals surface area contributed by atoms with Crippen LogP contribution in [0.15, 0.2) is 53.5 Å². The van der Waals surface area contributed by atoms with Gasteiger partial charge in [0.2, 0.25) is 17.7 Å². The highest BCUT2D eigenvalue weighted by Crippen LogP contribution is 2.13. The molecule has 1 aromatic heterocycles. The Hall–Kier alpha value is -5.01. The molecule has 48 heavy (non-hydrogen) atoms. The summed E-state index contributed by atoms with van der Waals surface area (Å²) in [6.45, 7) is 9.34. The second-order valence-corrected chi connectivity index (χ2v) is 12.3. The molecule has 5 atom stereocenters. The smallest absolute Gasteiger partial charge is 0.326 e. The van der Waals surface area contributed by atoms with Gasteiger partial charge < -0.3 is 37.8 Å². The van der Waals surface area contributed by atoms with Crippen LogP contribution in [-0.4, -0.2) is 76.4 Å². The van der Waals surface area contributed by atoms with Crippen molar-refractivity contribution in [1.29, 1.82) is 0 Å². The van der Waals surface area contributed by atoms with Gasteiger partial charge in [-0.1, -0.05) is 70.5 Å². The summed E-state index contributed by atoms with van der Waals surface area (Å²) >= 11 is 0. The van der Waals surface area contributed by atoms with Crippen molar-refractivity contribution in [3.05, 3.63) is 65.5 Å². The van der Waals surface area contributed by atoms with Gasteiger partial charge in [-0.3, -0.25) is 24.2 Å². The summed E-state index contributed by atoms with van der Waals surface area (Å²) in [6.07, 6.45) is 1.30. The fourth-order valence-corrected chi connectivity index (χ4v) is 4.92. The molecular formula is C34H50N8O6. The molecular weight excluding hydrogens is 616 g/mol. The van der Waals surface area contributed by atoms with Crippen LogP contribution < -0.4 is 32.7 Å². The number of carbonyl (C=O) groups excluding carboxylic acids is 4. The van der Waals surface area contributed by atoms with E-state index >= 15 is 0 Å². The molecule has 0 saturated heterocycles. The van der Waals surface area contributed by atoms with Crippen molar-refractivity contribution in [1.82, 2.24) is 26.3 Å². The lowest BCUT2D eigenvalue weighted by Gasteiger charge is -2.29. The molecule has 0 unspecified atom stereocenters. The average Bonchev–Trinajstić information content (AvgIpc) is 3.03. The van der Waals surface area contributed by atoms with Crippen molar-refractivity contribution in [2.45, 2.75) is 90.9 Å². The number of aliphatic imine (C=N–C) groups is 1. The normalized spacial score (nSPS) is 14.0. The average molecular weight is 667 g/mol. The zero-order valence-corrected chi connectivity index (χ0v) is 28.4. The standard InChI is InChI=1S/C34H50N8O6/c1-6-21(4)28(32(46)41-27(33(47)48)19-23-13-8-7-9-14-23)42-31(45)26(18-20(2)3)40-30(44)25(16-11-17-37-34(35)36)39-29(43)24-15-10-12-22(5)38-24/h7-10,12-15,20-21,25-28H,6,11,16-19H2,1-5H3,(H,39,43)(H,40,44)(H,41,46)(H,42,45)(H,47,48)(H4,35,36,37)/t21-,25-,26-,27-,28-/m0/s1. The molecule has 0 spiro atoms. The predicted octanol–water partition coefficient (Wildman–Crippen LogP) is 1.42. The fourth-order valence-electron chi connectivity index (χ4n) is 4.92. The summed E-state index contributed by atoms with van der Waals surface area (Å²) in [6, 6.07) is 9.43. The van der Waals surface area contributed by atoms with Crippen molar-refractivity contribution >= 4 is 35.6 Å². The van der Waals surface area contributed by atoms with E-state index in [-0.39, 0.29) is 49.3 Å². The van der Waals surface area contributed by atoms with Crippen molar-refractivity contribution in [2.24, 2.45) is 28.3 Å². The van der Waals surface area contributed by atoms with E-state index in [4.69, 9.17) is 11.5 Å². The Morgan fingerprint density at radius 1 is 0.833 bits per heavy atom. The number of carboxylic acid groups (broad SMARTS) is 1. The van der Waals surface area contributed by atoms with Crippen molar-refractivity contribution in [3.63, 3.8) is 0 Å². The molecule has 0 aliphatic heterocycles. The lowest BCUT2D eigenvalue weighted by atomic mass is 9.96. The third-order valence-corrected chi connectivity index (χ3v) is 7.72. The van der Waals surface area contributed by atoms with Gasteiger partial charge in [0.1, 0.15) is 29.9 Å². The van der Waals surface area contributed by atoms with E-state index in [1.807, 2.05) is 26.8 Å². The zero-order valence-electron chi connectivity index (χ0n) is 28.4. The van der Waals surface area contributed by atoms with Crippen LogP contribution in [0.4, 0.5) is 0 Å². The number of nitrogens with two attached hydrogens (primary N) is 2. The Kier molecular flexibility index (Phi) is 16.0. The maximum absolute atomic E-state index is 13.7. The van der Waals surface area contributed by atoms with E-state index in [9.17, 15) is 29.1 Å². The van der Waals surface area contributed by atoms with Crippen LogP contribution in [-0.2, 0) is 25.6 Å². The van der Waals surface area contributed by atoms with E-state index in [1.54, 1.807) is 50.2 Å². The van der Waals surface area contributed by atoms with E-state index < -0.39 is 53.8 Å². The Bertz CT molecular complexity index is 1410. The molecule has 1 aromatic carbocycles. The van der Waals surface area contributed by atoms with E-state index in [2.05, 4.69) is 31.2 Å². The molecule has 0 fully saturated rings. The Morgan fingerprint density at radius 3 is 2.06 bits per heavy atom. The number of nitrogens with one attached hydrogen (secondary N) is 4. The number of rotatable bonds is 19. The molecule has 14 nitrogen and oxygen atoms in total. The maximum atomic E-state index is 13.7. The van der Waals surface area contributed by atoms with Crippen LogP contribution in [0.25, 0.3) is 0 Å². The molecule has 0 aliphatic rings. The summed E-state index contributed by atoms with van der Waals surface area (Å²) in [4.78, 5) is 74.1. The number of aliphatic carboxylic acids is 1. The molecule has 0 bridgehead atoms. The monoisotopic (exact) mass is 666 g/mol. The highest BCUT2D eigenvalue weighted by Gasteiger charge is 2.34. The number of carboxylic acids is 1. The van der Waals surface area contributed by atoms with E-state index in [0.29, 0.717) is 18.5 Å². The minimum atomic E-state index is -1.22. The molecule has 14 heteroatoms. The SMILES string of the molecule is CC[C@H](C)[C@H](NC(=O)[C@H](CC(C)C)NC(=O)[C@H](CCCN=C(N)N)NC(=O)c1cccc(C)n1)C(=O)N[C@@H](Cc1ccccc1)C(=O)O. The van der Waals surface area contributed by atoms with Crippen LogP contribution >= 0.6 is 0 Å². The first kappa shape index (κ1) is 39.2. The summed E-state index contributed by atoms with van der Waals surface area (Å²) in [7, 11) is 0. The summed E-state index contributed by atoms with van der Waals surface area (Å²) in [5.74, 6) is -4.15. The number of pyridine rings is 1. The van der Waals surface area contributed by atoms with Crippen molar-refractivity contribution in [3.8, 4) is 0 Å². The Morgan fingerprint density at radius 2 is 1.48 bits per heavy atom. The number of aryl methyl sites for hydroxylation is 1. The Balaban J connectivity index is 2.26. The largest absolute Gasteiger partial charge is 0.480 e. The van der Waals surface area contributed by atoms with Gasteiger partial charge in [-0.05, 0) is 55.7 Å². The second-order valence-electron chi connectivity index (χ2n) is 12.3. The van der Waals surface area contributed by atoms with Crippen molar-refractivity contribution < 1.29 is 29.1 Å². The number of carbonyl (C=O) groups is 5. The summed E-state index contributed by atoms with van der Waals surface area (Å²) in [5, 5.41) is 20.6. The zero-order chi connectivity index (χ0) is 35.8. The van der Waals surface area contributed by atoms with Crippen LogP contribution in [0.2, 0.25) is 0 Å². The quantitative estimate of drug-likeness (QED) is 0.0652. The van der Waals surface area contributed by atoms with Crippen LogP contribution in [0, 0.1) is 18.8 Å². The summed E-state index contributed by atoms with van der Waals surface area (Å²) in [5.41, 5.74) is 12.3. The number of amides is 4. The first-order valence-electron chi connectivity index (χ1n) is 16.2. The van der Waals surface area contributed by atoms with E-state index in [0.717, 1.165) is 5.56 Å². The van der Waals surface area contributed by atoms with Gasteiger partial charge in [0, 0.05) is 18.7 Å². The second kappa shape index (κ2) is 19.6. The fraction of sp³-hybridized carbons (Fsp3) is 0.500. The first-order valence-corrected chi connectivity index (χ1v) is 16.2. The predicted molar refractivity (Wildman–Crippen MR) is 183 cm³/mol. The highest BCUT2D eigenvalue weighted by molar-refractivity contribution is 5.98. The van der Waals surface area contributed by atoms with Gasteiger partial charge in [-0.2, -0.15) is 0 Å². The van der Waals surface area contributed by atoms with Gasteiger partial charge in [-0.25, -0.2) is 9.78 Å². The molecule has 0 aliphatic carbocycles. The van der Waals surface area contributed by atoms with Gasteiger partial charge in [-0.15, -0.1) is 0 Å². The molecule has 9 N–H and O–H groups in total. The molecule has 0 radical (unpaired) electrons. The van der Waals surface area contributed by atoms with Gasteiger partial charge in [0.25, 0.3) is 5.91 Å². The van der Waals surface area contributed by atoms with Gasteiger partial charge in [0.15, 0.2) is 5.96 Å². The minimum absolute atomic E-state index is 0.0365. The molecule has 4 amide bonds. The van der Waals surface area contributed by atoms with Crippen LogP contribution in [0.3, 0.4) is 0 Å². The lowest BCUT2D eigenvalue weighted by Crippen LogP contribution is -2.59. The molecule has 0 saturated carbocycles. The number of guanidine groups is 1. The first-order chi connectivity index (χ1) is 22.7. The van der Waals surface area contributed by atoms with Crippen LogP contribution in [0.5, 0.6) is 0 Å². The third kappa shape index (κ3) is 13.4. The highest BCUT2D eigenvalue weighted by atomic mass is 16.4. The number of aromatic nitrogens is 1. The van der Waals surface area contributed by atoms with Crippen LogP contribution in [0.1, 0.15) is 75.1 Å². The van der Waals surface area contributed by atoms with Gasteiger partial charge in [0.05, 0.1) is 0 Å². The van der Waals surface area contributed by atoms with Crippen molar-refractivity contribution in [2.75, 3.05) is 6.54 Å². The number of nitrogens with zero attached hydrogens (tertiary/aromatic N) is 2. The molecule has 2 rings (SSSR count). The number of hydrogen-bond donors (Lipinski definition) is 7. The topological polar surface area (TPSA) is 231 Å². The molecule has 1 heterocycles. The molecule has 2 aromatic rings. The molecule has 262 valence electrons. The third-order valence-electron chi connectivity index (χ3n) is 7.72. The summed E-state index contributed by atoms with van der Waals surface area (Å²) < 4.78 is 0. The minimum Gasteiger partial charge on any atom is -0.480 e.